The minimum atomic E-state index is -3.59. The number of anilines is 1. The smallest absolute Gasteiger partial charge is 0.310 e. The monoisotopic (exact) mass is 394 g/mol. The molecule has 1 aliphatic carbocycles. The molecule has 2 unspecified atom stereocenters. The van der Waals surface area contributed by atoms with Gasteiger partial charge in [-0.05, 0) is 64.3 Å². The lowest BCUT2D eigenvalue weighted by atomic mass is 9.95. The third kappa shape index (κ3) is 6.18. The van der Waals surface area contributed by atoms with Crippen LogP contribution in [0.5, 0.6) is 0 Å². The molecule has 2 rings (SSSR count). The van der Waals surface area contributed by atoms with Crippen LogP contribution >= 0.6 is 0 Å². The zero-order valence-corrected chi connectivity index (χ0v) is 16.6. The summed E-state index contributed by atoms with van der Waals surface area (Å²) in [6.45, 7) is 4.98. The number of benzene rings is 1. The molecule has 0 fully saturated rings. The van der Waals surface area contributed by atoms with E-state index in [9.17, 15) is 18.0 Å². The lowest BCUT2D eigenvalue weighted by Gasteiger charge is -2.19. The Morgan fingerprint density at radius 2 is 1.78 bits per heavy atom. The summed E-state index contributed by atoms with van der Waals surface area (Å²) in [5.74, 6) is -1.04. The molecule has 1 amide bonds. The van der Waals surface area contributed by atoms with E-state index >= 15 is 0 Å². The van der Waals surface area contributed by atoms with E-state index in [0.29, 0.717) is 12.1 Å². The molecular formula is C19H26N2O5S. The van der Waals surface area contributed by atoms with Gasteiger partial charge in [-0.3, -0.25) is 9.59 Å². The molecule has 2 atom stereocenters. The van der Waals surface area contributed by atoms with E-state index in [0.717, 1.165) is 12.8 Å². The van der Waals surface area contributed by atoms with Crippen molar-refractivity contribution < 1.29 is 22.7 Å². The molecule has 1 aromatic carbocycles. The molecule has 148 valence electrons. The van der Waals surface area contributed by atoms with Gasteiger partial charge in [-0.1, -0.05) is 12.2 Å². The second-order valence-corrected chi connectivity index (χ2v) is 8.56. The number of amides is 1. The maximum Gasteiger partial charge on any atom is 0.310 e. The van der Waals surface area contributed by atoms with Crippen LogP contribution in [0.2, 0.25) is 0 Å². The van der Waals surface area contributed by atoms with Crippen molar-refractivity contribution in [2.75, 3.05) is 5.32 Å². The fourth-order valence-electron chi connectivity index (χ4n) is 2.67. The minimum Gasteiger partial charge on any atom is -0.452 e. The fourth-order valence-corrected chi connectivity index (χ4v) is 3.92. The predicted octanol–water partition coefficient (Wildman–Crippen LogP) is 2.60. The van der Waals surface area contributed by atoms with Crippen molar-refractivity contribution in [2.24, 2.45) is 5.92 Å². The number of esters is 1. The highest BCUT2D eigenvalue weighted by Gasteiger charge is 2.25. The van der Waals surface area contributed by atoms with Gasteiger partial charge in [0.25, 0.3) is 5.91 Å². The standard InChI is InChI=1S/C19H26N2O5S/c1-13(2)21-27(24,25)17-11-9-16(10-12-17)20-18(22)14(3)26-19(23)15-7-5-4-6-8-15/h4-5,9-15,21H,6-8H2,1-3H3,(H,20,22). The molecule has 7 nitrogen and oxygen atoms in total. The van der Waals surface area contributed by atoms with Crippen LogP contribution in [0.1, 0.15) is 40.0 Å². The first-order valence-corrected chi connectivity index (χ1v) is 10.5. The number of rotatable bonds is 7. The minimum absolute atomic E-state index is 0.110. The van der Waals surface area contributed by atoms with Crippen molar-refractivity contribution in [3.8, 4) is 0 Å². The van der Waals surface area contributed by atoms with Gasteiger partial charge in [0.05, 0.1) is 10.8 Å². The van der Waals surface area contributed by atoms with E-state index in [-0.39, 0.29) is 22.8 Å². The average Bonchev–Trinajstić information content (AvgIpc) is 2.61. The normalized spacial score (nSPS) is 18.1. The highest BCUT2D eigenvalue weighted by Crippen LogP contribution is 2.20. The summed E-state index contributed by atoms with van der Waals surface area (Å²) in [7, 11) is -3.59. The van der Waals surface area contributed by atoms with Gasteiger partial charge in [0.15, 0.2) is 6.10 Å². The van der Waals surface area contributed by atoms with E-state index in [4.69, 9.17) is 4.74 Å². The van der Waals surface area contributed by atoms with Crippen molar-refractivity contribution in [2.45, 2.75) is 57.1 Å². The van der Waals surface area contributed by atoms with Gasteiger partial charge < -0.3 is 10.1 Å². The summed E-state index contributed by atoms with van der Waals surface area (Å²) in [6.07, 6.45) is 5.23. The summed E-state index contributed by atoms with van der Waals surface area (Å²) in [6, 6.07) is 5.58. The maximum atomic E-state index is 12.2. The molecule has 1 aromatic rings. The molecule has 0 bridgehead atoms. The van der Waals surface area contributed by atoms with E-state index in [1.54, 1.807) is 13.8 Å². The molecule has 0 spiro atoms. The number of carbonyl (C=O) groups is 2. The van der Waals surface area contributed by atoms with Crippen LogP contribution in [-0.4, -0.2) is 32.4 Å². The first kappa shape index (κ1) is 21.1. The van der Waals surface area contributed by atoms with Crippen LogP contribution < -0.4 is 10.0 Å². The highest BCUT2D eigenvalue weighted by atomic mass is 32.2. The Labute approximate surface area is 160 Å². The van der Waals surface area contributed by atoms with E-state index in [2.05, 4.69) is 10.0 Å². The number of carbonyl (C=O) groups excluding carboxylic acids is 2. The van der Waals surface area contributed by atoms with Gasteiger partial charge in [-0.25, -0.2) is 13.1 Å². The zero-order valence-electron chi connectivity index (χ0n) is 15.8. The van der Waals surface area contributed by atoms with Crippen molar-refractivity contribution in [3.05, 3.63) is 36.4 Å². The van der Waals surface area contributed by atoms with Crippen molar-refractivity contribution in [1.82, 2.24) is 4.72 Å². The third-order valence-corrected chi connectivity index (χ3v) is 5.76. The highest BCUT2D eigenvalue weighted by molar-refractivity contribution is 7.89. The molecule has 2 N–H and O–H groups in total. The Balaban J connectivity index is 1.93. The number of hydrogen-bond acceptors (Lipinski definition) is 5. The van der Waals surface area contributed by atoms with Gasteiger partial charge in [0, 0.05) is 11.7 Å². The molecule has 0 heterocycles. The molecule has 27 heavy (non-hydrogen) atoms. The van der Waals surface area contributed by atoms with E-state index in [1.165, 1.54) is 31.2 Å². The zero-order chi connectivity index (χ0) is 20.0. The number of nitrogens with one attached hydrogen (secondary N) is 2. The number of allylic oxidation sites excluding steroid dienone is 2. The second-order valence-electron chi connectivity index (χ2n) is 6.85. The van der Waals surface area contributed by atoms with Crippen molar-refractivity contribution in [1.29, 1.82) is 0 Å². The lowest BCUT2D eigenvalue weighted by Crippen LogP contribution is -2.32. The maximum absolute atomic E-state index is 12.2. The molecule has 0 radical (unpaired) electrons. The number of ether oxygens (including phenoxy) is 1. The SMILES string of the molecule is CC(C)NS(=O)(=O)c1ccc(NC(=O)C(C)OC(=O)C2CC=CCC2)cc1. The lowest BCUT2D eigenvalue weighted by molar-refractivity contribution is -0.157. The quantitative estimate of drug-likeness (QED) is 0.547. The Morgan fingerprint density at radius 1 is 1.11 bits per heavy atom. The van der Waals surface area contributed by atoms with Crippen LogP contribution in [-0.2, 0) is 24.3 Å². The number of sulfonamides is 1. The summed E-state index contributed by atoms with van der Waals surface area (Å²) >= 11 is 0. The van der Waals surface area contributed by atoms with Crippen LogP contribution in [0.3, 0.4) is 0 Å². The van der Waals surface area contributed by atoms with Gasteiger partial charge in [-0.15, -0.1) is 0 Å². The third-order valence-electron chi connectivity index (χ3n) is 4.09. The van der Waals surface area contributed by atoms with Crippen molar-refractivity contribution in [3.63, 3.8) is 0 Å². The van der Waals surface area contributed by atoms with Gasteiger partial charge in [0.2, 0.25) is 10.0 Å². The first-order chi connectivity index (χ1) is 12.7. The first-order valence-electron chi connectivity index (χ1n) is 8.98. The Morgan fingerprint density at radius 3 is 2.33 bits per heavy atom. The van der Waals surface area contributed by atoms with Gasteiger partial charge in [0.1, 0.15) is 0 Å². The Bertz CT molecular complexity index is 800. The molecule has 0 saturated heterocycles. The van der Waals surface area contributed by atoms with Gasteiger partial charge >= 0.3 is 5.97 Å². The molecule has 0 saturated carbocycles. The predicted molar refractivity (Wildman–Crippen MR) is 103 cm³/mol. The Hall–Kier alpha value is -2.19. The van der Waals surface area contributed by atoms with E-state index < -0.39 is 22.0 Å². The number of hydrogen-bond donors (Lipinski definition) is 2. The summed E-state index contributed by atoms with van der Waals surface area (Å²) in [5, 5.41) is 2.62. The molecule has 8 heteroatoms. The average molecular weight is 394 g/mol. The fraction of sp³-hybridized carbons (Fsp3) is 0.474. The molecular weight excluding hydrogens is 368 g/mol. The van der Waals surface area contributed by atoms with Crippen LogP contribution in [0.25, 0.3) is 0 Å². The summed E-state index contributed by atoms with van der Waals surface area (Å²) < 4.78 is 31.9. The topological polar surface area (TPSA) is 102 Å². The summed E-state index contributed by atoms with van der Waals surface area (Å²) in [5.41, 5.74) is 0.423. The molecule has 0 aliphatic heterocycles. The van der Waals surface area contributed by atoms with Crippen molar-refractivity contribution >= 4 is 27.6 Å². The summed E-state index contributed by atoms with van der Waals surface area (Å²) in [4.78, 5) is 24.4. The van der Waals surface area contributed by atoms with Crippen LogP contribution in [0, 0.1) is 5.92 Å². The molecule has 0 aromatic heterocycles. The van der Waals surface area contributed by atoms with Crippen LogP contribution in [0.4, 0.5) is 5.69 Å². The Kier molecular flexibility index (Phi) is 7.15. The van der Waals surface area contributed by atoms with Crippen LogP contribution in [0.15, 0.2) is 41.3 Å². The second kappa shape index (κ2) is 9.14. The van der Waals surface area contributed by atoms with E-state index in [1.807, 2.05) is 12.2 Å². The molecule has 1 aliphatic rings. The largest absolute Gasteiger partial charge is 0.452 e. The van der Waals surface area contributed by atoms with Gasteiger partial charge in [-0.2, -0.15) is 0 Å².